The van der Waals surface area contributed by atoms with Crippen LogP contribution in [0.15, 0.2) is 30.6 Å². The van der Waals surface area contributed by atoms with Gasteiger partial charge in [0, 0.05) is 24.5 Å². The van der Waals surface area contributed by atoms with Crippen LogP contribution >= 0.6 is 0 Å². The summed E-state index contributed by atoms with van der Waals surface area (Å²) in [5, 5.41) is 3.57. The van der Waals surface area contributed by atoms with E-state index in [4.69, 9.17) is 0 Å². The summed E-state index contributed by atoms with van der Waals surface area (Å²) in [4.78, 5) is 44.5. The van der Waals surface area contributed by atoms with E-state index in [0.717, 1.165) is 23.9 Å². The molecule has 0 atom stereocenters. The topological polar surface area (TPSA) is 105 Å². The van der Waals surface area contributed by atoms with E-state index in [1.165, 1.54) is 18.5 Å². The number of carbonyl (C=O) groups is 4. The molecule has 0 aliphatic heterocycles. The molecule has 19 heavy (non-hydrogen) atoms. The SMILES string of the molecule is COC(=O)/C=C/C(=O)OCC(=O)C(=O)n1cccn1. The van der Waals surface area contributed by atoms with E-state index in [2.05, 4.69) is 14.6 Å². The van der Waals surface area contributed by atoms with E-state index in [-0.39, 0.29) is 0 Å². The molecule has 100 valence electrons. The molecule has 0 saturated heterocycles. The summed E-state index contributed by atoms with van der Waals surface area (Å²) in [6.45, 7) is -0.733. The van der Waals surface area contributed by atoms with Gasteiger partial charge in [0.05, 0.1) is 7.11 Å². The zero-order chi connectivity index (χ0) is 14.3. The van der Waals surface area contributed by atoms with Gasteiger partial charge < -0.3 is 9.47 Å². The largest absolute Gasteiger partial charge is 0.466 e. The number of hydrogen-bond donors (Lipinski definition) is 0. The summed E-state index contributed by atoms with van der Waals surface area (Å²) in [5.74, 6) is -3.54. The van der Waals surface area contributed by atoms with Crippen molar-refractivity contribution in [3.63, 3.8) is 0 Å². The van der Waals surface area contributed by atoms with Gasteiger partial charge in [0.25, 0.3) is 5.78 Å². The molecule has 1 aromatic heterocycles. The summed E-state index contributed by atoms with van der Waals surface area (Å²) >= 11 is 0. The Labute approximate surface area is 107 Å². The fourth-order valence-electron chi connectivity index (χ4n) is 0.967. The fourth-order valence-corrected chi connectivity index (χ4v) is 0.967. The van der Waals surface area contributed by atoms with Crippen molar-refractivity contribution in [3.05, 3.63) is 30.6 Å². The first-order chi connectivity index (χ1) is 9.04. The van der Waals surface area contributed by atoms with Crippen LogP contribution in [0.4, 0.5) is 0 Å². The molecule has 0 saturated carbocycles. The van der Waals surface area contributed by atoms with E-state index < -0.39 is 30.2 Å². The van der Waals surface area contributed by atoms with Crippen molar-refractivity contribution in [2.75, 3.05) is 13.7 Å². The van der Waals surface area contributed by atoms with Crippen molar-refractivity contribution in [1.29, 1.82) is 0 Å². The number of carbonyl (C=O) groups excluding carboxylic acids is 4. The second kappa shape index (κ2) is 6.84. The van der Waals surface area contributed by atoms with Crippen LogP contribution in [0.25, 0.3) is 0 Å². The lowest BCUT2D eigenvalue weighted by molar-refractivity contribution is -0.142. The lowest BCUT2D eigenvalue weighted by Gasteiger charge is -2.00. The summed E-state index contributed by atoms with van der Waals surface area (Å²) < 4.78 is 9.54. The number of methoxy groups -OCH3 is 1. The molecule has 0 aliphatic carbocycles. The van der Waals surface area contributed by atoms with Crippen molar-refractivity contribution in [3.8, 4) is 0 Å². The predicted molar refractivity (Wildman–Crippen MR) is 60.0 cm³/mol. The molecule has 0 unspecified atom stereocenters. The first-order valence-corrected chi connectivity index (χ1v) is 5.04. The highest BCUT2D eigenvalue weighted by molar-refractivity contribution is 6.37. The van der Waals surface area contributed by atoms with Crippen LogP contribution in [0, 0.1) is 0 Å². The summed E-state index contributed by atoms with van der Waals surface area (Å²) in [6, 6.07) is 1.47. The second-order valence-corrected chi connectivity index (χ2v) is 3.14. The second-order valence-electron chi connectivity index (χ2n) is 3.14. The van der Waals surface area contributed by atoms with Crippen molar-refractivity contribution >= 4 is 23.6 Å². The third-order valence-corrected chi connectivity index (χ3v) is 1.85. The van der Waals surface area contributed by atoms with Crippen molar-refractivity contribution < 1.29 is 28.7 Å². The molecule has 1 aromatic rings. The van der Waals surface area contributed by atoms with Crippen molar-refractivity contribution in [2.24, 2.45) is 0 Å². The molecule has 0 aliphatic rings. The molecular formula is C11H10N2O6. The highest BCUT2D eigenvalue weighted by atomic mass is 16.5. The maximum atomic E-state index is 11.4. The molecule has 0 N–H and O–H groups in total. The van der Waals surface area contributed by atoms with Crippen LogP contribution in [-0.4, -0.2) is 47.1 Å². The van der Waals surface area contributed by atoms with Gasteiger partial charge in [0.2, 0.25) is 0 Å². The molecule has 0 spiro atoms. The highest BCUT2D eigenvalue weighted by Crippen LogP contribution is 1.90. The molecule has 8 nitrogen and oxygen atoms in total. The Balaban J connectivity index is 2.42. The summed E-state index contributed by atoms with van der Waals surface area (Å²) in [7, 11) is 1.14. The fraction of sp³-hybridized carbons (Fsp3) is 0.182. The zero-order valence-corrected chi connectivity index (χ0v) is 9.94. The first kappa shape index (κ1) is 14.3. The van der Waals surface area contributed by atoms with Crippen LogP contribution in [-0.2, 0) is 23.9 Å². The molecule has 0 bridgehead atoms. The van der Waals surface area contributed by atoms with Gasteiger partial charge in [-0.05, 0) is 6.07 Å². The van der Waals surface area contributed by atoms with Crippen LogP contribution in [0.3, 0.4) is 0 Å². The maximum absolute atomic E-state index is 11.4. The Bertz CT molecular complexity index is 517. The number of rotatable bonds is 5. The number of ketones is 1. The average Bonchev–Trinajstić information content (AvgIpc) is 2.95. The molecular weight excluding hydrogens is 256 g/mol. The number of hydrogen-bond acceptors (Lipinski definition) is 7. The average molecular weight is 266 g/mol. The highest BCUT2D eigenvalue weighted by Gasteiger charge is 2.17. The van der Waals surface area contributed by atoms with Crippen LogP contribution in [0.2, 0.25) is 0 Å². The Morgan fingerprint density at radius 1 is 1.21 bits per heavy atom. The van der Waals surface area contributed by atoms with Gasteiger partial charge in [0.1, 0.15) is 0 Å². The van der Waals surface area contributed by atoms with Gasteiger partial charge in [-0.3, -0.25) is 9.59 Å². The Morgan fingerprint density at radius 2 is 1.89 bits per heavy atom. The quantitative estimate of drug-likeness (QED) is 0.396. The molecule has 8 heteroatoms. The lowest BCUT2D eigenvalue weighted by atomic mass is 10.4. The monoisotopic (exact) mass is 266 g/mol. The van der Waals surface area contributed by atoms with Crippen LogP contribution in [0.5, 0.6) is 0 Å². The van der Waals surface area contributed by atoms with Gasteiger partial charge in [-0.15, -0.1) is 0 Å². The minimum absolute atomic E-state index is 0.733. The van der Waals surface area contributed by atoms with Gasteiger partial charge in [0.15, 0.2) is 6.61 Å². The standard InChI is InChI=1S/C11H10N2O6/c1-18-9(15)3-4-10(16)19-7-8(14)11(17)13-6-2-5-12-13/h2-6H,7H2,1H3/b4-3+. The Hall–Kier alpha value is -2.77. The minimum Gasteiger partial charge on any atom is -0.466 e. The maximum Gasteiger partial charge on any atom is 0.331 e. The van der Waals surface area contributed by atoms with Gasteiger partial charge in [-0.1, -0.05) is 0 Å². The number of ether oxygens (including phenoxy) is 2. The van der Waals surface area contributed by atoms with Crippen LogP contribution < -0.4 is 0 Å². The van der Waals surface area contributed by atoms with Crippen LogP contribution in [0.1, 0.15) is 4.79 Å². The van der Waals surface area contributed by atoms with Gasteiger partial charge in [-0.2, -0.15) is 5.10 Å². The van der Waals surface area contributed by atoms with Crippen molar-refractivity contribution in [2.45, 2.75) is 0 Å². The Morgan fingerprint density at radius 3 is 2.47 bits per heavy atom. The zero-order valence-electron chi connectivity index (χ0n) is 9.94. The number of nitrogens with zero attached hydrogens (tertiary/aromatic N) is 2. The lowest BCUT2D eigenvalue weighted by Crippen LogP contribution is -2.27. The van der Waals surface area contributed by atoms with Crippen molar-refractivity contribution in [1.82, 2.24) is 9.78 Å². The molecule has 0 radical (unpaired) electrons. The number of esters is 2. The molecule has 0 amide bonds. The van der Waals surface area contributed by atoms with E-state index in [9.17, 15) is 19.2 Å². The van der Waals surface area contributed by atoms with E-state index >= 15 is 0 Å². The molecule has 0 fully saturated rings. The third kappa shape index (κ3) is 4.54. The number of aromatic nitrogens is 2. The smallest absolute Gasteiger partial charge is 0.331 e. The normalized spacial score (nSPS) is 10.2. The van der Waals surface area contributed by atoms with E-state index in [1.807, 2.05) is 0 Å². The first-order valence-electron chi connectivity index (χ1n) is 5.04. The summed E-state index contributed by atoms with van der Waals surface area (Å²) in [6.07, 6.45) is 4.25. The molecule has 1 heterocycles. The van der Waals surface area contributed by atoms with E-state index in [0.29, 0.717) is 0 Å². The van der Waals surface area contributed by atoms with Gasteiger partial charge >= 0.3 is 17.8 Å². The predicted octanol–water partition coefficient (Wildman–Crippen LogP) is -0.635. The third-order valence-electron chi connectivity index (χ3n) is 1.85. The Kier molecular flexibility index (Phi) is 5.15. The van der Waals surface area contributed by atoms with Gasteiger partial charge in [-0.25, -0.2) is 14.3 Å². The number of Topliss-reactive ketones (excluding diaryl/α,β-unsaturated/α-hetero) is 1. The summed E-state index contributed by atoms with van der Waals surface area (Å²) in [5.41, 5.74) is 0. The molecule has 0 aromatic carbocycles. The minimum atomic E-state index is -0.941. The van der Waals surface area contributed by atoms with E-state index in [1.54, 1.807) is 0 Å². The molecule has 1 rings (SSSR count).